The summed E-state index contributed by atoms with van der Waals surface area (Å²) in [4.78, 5) is 26.9. The van der Waals surface area contributed by atoms with Crippen molar-refractivity contribution in [3.8, 4) is 11.3 Å². The van der Waals surface area contributed by atoms with Crippen molar-refractivity contribution in [3.63, 3.8) is 0 Å². The quantitative estimate of drug-likeness (QED) is 0.347. The van der Waals surface area contributed by atoms with E-state index in [0.29, 0.717) is 51.7 Å². The first-order chi connectivity index (χ1) is 17.4. The van der Waals surface area contributed by atoms with Gasteiger partial charge in [-0.2, -0.15) is 0 Å². The predicted molar refractivity (Wildman–Crippen MR) is 135 cm³/mol. The van der Waals surface area contributed by atoms with Crippen LogP contribution in [0.3, 0.4) is 0 Å². The standard InChI is InChI=1S/C26H24ClF2N5O2/c27-17-10-21-25(23(11-17)31-20-3-4-34(14-20)5-6-35)32-24(33-26(21)36)7-15-1-2-22(30-13-15)16-8-18(28)12-19(29)9-16/h1-2,8-13,20,31,35H,3-7,14H2,(H,32,33,36). The van der Waals surface area contributed by atoms with Crippen LogP contribution in [0.25, 0.3) is 22.2 Å². The third-order valence-electron chi connectivity index (χ3n) is 6.23. The lowest BCUT2D eigenvalue weighted by molar-refractivity contribution is 0.221. The van der Waals surface area contributed by atoms with E-state index in [0.717, 1.165) is 31.1 Å². The normalized spacial score (nSPS) is 16.1. The largest absolute Gasteiger partial charge is 0.395 e. The summed E-state index contributed by atoms with van der Waals surface area (Å²) >= 11 is 6.29. The van der Waals surface area contributed by atoms with Gasteiger partial charge in [0.15, 0.2) is 0 Å². The summed E-state index contributed by atoms with van der Waals surface area (Å²) in [5, 5.41) is 13.5. The number of aliphatic hydroxyl groups is 1. The summed E-state index contributed by atoms with van der Waals surface area (Å²) in [7, 11) is 0. The molecule has 1 saturated heterocycles. The molecule has 0 radical (unpaired) electrons. The van der Waals surface area contributed by atoms with E-state index in [1.165, 1.54) is 12.1 Å². The van der Waals surface area contributed by atoms with Crippen LogP contribution in [0.1, 0.15) is 17.8 Å². The molecular formula is C26H24ClF2N5O2. The van der Waals surface area contributed by atoms with Gasteiger partial charge in [-0.1, -0.05) is 17.7 Å². The highest BCUT2D eigenvalue weighted by atomic mass is 35.5. The van der Waals surface area contributed by atoms with Crippen molar-refractivity contribution in [1.29, 1.82) is 0 Å². The topological polar surface area (TPSA) is 94.1 Å². The van der Waals surface area contributed by atoms with Gasteiger partial charge in [0, 0.05) is 54.9 Å². The van der Waals surface area contributed by atoms with Crippen LogP contribution < -0.4 is 10.9 Å². The second-order valence-corrected chi connectivity index (χ2v) is 9.34. The van der Waals surface area contributed by atoms with Gasteiger partial charge in [-0.3, -0.25) is 14.7 Å². The number of aromatic amines is 1. The number of halogens is 3. The number of aromatic nitrogens is 3. The average Bonchev–Trinajstić information content (AvgIpc) is 3.27. The Bertz CT molecular complexity index is 1440. The van der Waals surface area contributed by atoms with Gasteiger partial charge < -0.3 is 15.4 Å². The fraction of sp³-hybridized carbons (Fsp3) is 0.269. The molecule has 0 aliphatic carbocycles. The third-order valence-corrected chi connectivity index (χ3v) is 6.44. The van der Waals surface area contributed by atoms with Gasteiger partial charge in [0.1, 0.15) is 23.0 Å². The zero-order valence-electron chi connectivity index (χ0n) is 19.3. The van der Waals surface area contributed by atoms with Crippen molar-refractivity contribution in [2.75, 3.05) is 31.6 Å². The van der Waals surface area contributed by atoms with Crippen molar-refractivity contribution >= 4 is 28.2 Å². The maximum atomic E-state index is 13.5. The smallest absolute Gasteiger partial charge is 0.258 e. The van der Waals surface area contributed by atoms with Crippen LogP contribution in [0, 0.1) is 11.6 Å². The first kappa shape index (κ1) is 24.3. The first-order valence-corrected chi connectivity index (χ1v) is 12.0. The van der Waals surface area contributed by atoms with E-state index in [1.807, 2.05) is 0 Å². The first-order valence-electron chi connectivity index (χ1n) is 11.6. The summed E-state index contributed by atoms with van der Waals surface area (Å²) in [6, 6.07) is 10.2. The Morgan fingerprint density at radius 1 is 1.17 bits per heavy atom. The Morgan fingerprint density at radius 3 is 2.69 bits per heavy atom. The lowest BCUT2D eigenvalue weighted by atomic mass is 10.1. The van der Waals surface area contributed by atoms with E-state index in [-0.39, 0.29) is 18.2 Å². The van der Waals surface area contributed by atoms with E-state index in [2.05, 4.69) is 20.2 Å². The highest BCUT2D eigenvalue weighted by molar-refractivity contribution is 6.31. The van der Waals surface area contributed by atoms with Crippen LogP contribution in [0.5, 0.6) is 0 Å². The fourth-order valence-electron chi connectivity index (χ4n) is 4.56. The van der Waals surface area contributed by atoms with E-state index >= 15 is 0 Å². The van der Waals surface area contributed by atoms with Crippen LogP contribution in [0.2, 0.25) is 5.02 Å². The van der Waals surface area contributed by atoms with Crippen LogP contribution >= 0.6 is 11.6 Å². The molecule has 1 unspecified atom stereocenters. The molecule has 1 aliphatic heterocycles. The minimum absolute atomic E-state index is 0.113. The Hall–Kier alpha value is -3.40. The molecule has 186 valence electrons. The van der Waals surface area contributed by atoms with Crippen molar-refractivity contribution < 1.29 is 13.9 Å². The number of fused-ring (bicyclic) bond motifs is 1. The molecule has 0 saturated carbocycles. The zero-order chi connectivity index (χ0) is 25.2. The number of β-amino-alcohol motifs (C(OH)–C–C–N with tert-alkyl or cyclic N) is 1. The highest BCUT2D eigenvalue weighted by Crippen LogP contribution is 2.27. The van der Waals surface area contributed by atoms with Gasteiger partial charge in [-0.25, -0.2) is 13.8 Å². The maximum Gasteiger partial charge on any atom is 0.258 e. The molecule has 7 nitrogen and oxygen atoms in total. The predicted octanol–water partition coefficient (Wildman–Crippen LogP) is 3.99. The molecule has 1 atom stereocenters. The number of rotatable bonds is 7. The second kappa shape index (κ2) is 10.3. The number of hydrogen-bond donors (Lipinski definition) is 3. The van der Waals surface area contributed by atoms with Crippen LogP contribution in [-0.2, 0) is 6.42 Å². The van der Waals surface area contributed by atoms with E-state index in [9.17, 15) is 18.7 Å². The molecule has 0 bridgehead atoms. The minimum atomic E-state index is -0.669. The molecule has 2 aromatic heterocycles. The number of nitrogens with zero attached hydrogens (tertiary/aromatic N) is 3. The zero-order valence-corrected chi connectivity index (χ0v) is 20.0. The van der Waals surface area contributed by atoms with Crippen molar-refractivity contribution in [2.24, 2.45) is 0 Å². The number of hydrogen-bond acceptors (Lipinski definition) is 6. The summed E-state index contributed by atoms with van der Waals surface area (Å²) in [5.41, 5.74) is 2.46. The highest BCUT2D eigenvalue weighted by Gasteiger charge is 2.23. The van der Waals surface area contributed by atoms with Gasteiger partial charge in [-0.05, 0) is 42.3 Å². The van der Waals surface area contributed by atoms with Gasteiger partial charge in [0.25, 0.3) is 5.56 Å². The van der Waals surface area contributed by atoms with Crippen molar-refractivity contribution in [3.05, 3.63) is 87.1 Å². The van der Waals surface area contributed by atoms with Gasteiger partial charge >= 0.3 is 0 Å². The molecule has 36 heavy (non-hydrogen) atoms. The molecule has 0 spiro atoms. The fourth-order valence-corrected chi connectivity index (χ4v) is 4.78. The van der Waals surface area contributed by atoms with E-state index in [4.69, 9.17) is 16.6 Å². The Morgan fingerprint density at radius 2 is 1.97 bits per heavy atom. The molecule has 1 fully saturated rings. The van der Waals surface area contributed by atoms with Crippen molar-refractivity contribution in [2.45, 2.75) is 18.9 Å². The number of H-pyrrole nitrogens is 1. The Balaban J connectivity index is 1.41. The monoisotopic (exact) mass is 511 g/mol. The molecular weight excluding hydrogens is 488 g/mol. The lowest BCUT2D eigenvalue weighted by Gasteiger charge is -2.17. The minimum Gasteiger partial charge on any atom is -0.395 e. The second-order valence-electron chi connectivity index (χ2n) is 8.90. The summed E-state index contributed by atoms with van der Waals surface area (Å²) in [5.74, 6) is -0.883. The van der Waals surface area contributed by atoms with Crippen molar-refractivity contribution in [1.82, 2.24) is 19.9 Å². The Labute approximate surface area is 210 Å². The van der Waals surface area contributed by atoms with Gasteiger partial charge in [-0.15, -0.1) is 0 Å². The Kier molecular flexibility index (Phi) is 6.95. The summed E-state index contributed by atoms with van der Waals surface area (Å²) < 4.78 is 27.1. The van der Waals surface area contributed by atoms with Gasteiger partial charge in [0.05, 0.1) is 23.4 Å². The van der Waals surface area contributed by atoms with E-state index in [1.54, 1.807) is 30.5 Å². The third kappa shape index (κ3) is 5.38. The molecule has 10 heteroatoms. The number of likely N-dealkylation sites (tertiary alicyclic amines) is 1. The molecule has 1 aliphatic rings. The maximum absolute atomic E-state index is 13.5. The number of anilines is 1. The average molecular weight is 512 g/mol. The molecule has 4 aromatic rings. The van der Waals surface area contributed by atoms with E-state index < -0.39 is 11.6 Å². The summed E-state index contributed by atoms with van der Waals surface area (Å²) in [6.07, 6.45) is 2.81. The van der Waals surface area contributed by atoms with Crippen LogP contribution in [0.15, 0.2) is 53.5 Å². The molecule has 2 aromatic carbocycles. The summed E-state index contributed by atoms with van der Waals surface area (Å²) in [6.45, 7) is 2.39. The number of aliphatic hydroxyl groups excluding tert-OH is 1. The molecule has 5 rings (SSSR count). The SMILES string of the molecule is O=c1[nH]c(Cc2ccc(-c3cc(F)cc(F)c3)nc2)nc2c(NC3CCN(CCO)C3)cc(Cl)cc12. The van der Waals surface area contributed by atoms with Crippen LogP contribution in [0.4, 0.5) is 14.5 Å². The van der Waals surface area contributed by atoms with Gasteiger partial charge in [0.2, 0.25) is 0 Å². The molecule has 0 amide bonds. The number of nitrogens with one attached hydrogen (secondary N) is 2. The van der Waals surface area contributed by atoms with Crippen LogP contribution in [-0.4, -0.2) is 57.2 Å². The lowest BCUT2D eigenvalue weighted by Crippen LogP contribution is -2.28. The molecule has 3 heterocycles. The molecule has 3 N–H and O–H groups in total. The number of benzene rings is 2. The number of pyridine rings is 1.